The van der Waals surface area contributed by atoms with Gasteiger partial charge in [-0.25, -0.2) is 19.9 Å². The van der Waals surface area contributed by atoms with Gasteiger partial charge in [0.05, 0.1) is 22.7 Å². The maximum Gasteiger partial charge on any atom is 0.154 e. The molecule has 0 saturated heterocycles. The predicted octanol–water partition coefficient (Wildman–Crippen LogP) is 7.20. The Morgan fingerprint density at radius 1 is 0.310 bits per heavy atom. The molecule has 0 unspecified atom stereocenters. The van der Waals surface area contributed by atoms with Crippen molar-refractivity contribution in [3.8, 4) is 0 Å². The maximum absolute atomic E-state index is 4.86. The molecule has 6 heterocycles. The van der Waals surface area contributed by atoms with Gasteiger partial charge in [-0.1, -0.05) is 48.5 Å². The van der Waals surface area contributed by atoms with Gasteiger partial charge in [0.2, 0.25) is 0 Å². The lowest BCUT2D eigenvalue weighted by Gasteiger charge is -2.43. The molecule has 202 valence electrons. The molecule has 0 fully saturated rings. The van der Waals surface area contributed by atoms with Crippen LogP contribution < -0.4 is 19.6 Å². The van der Waals surface area contributed by atoms with Gasteiger partial charge in [-0.05, 0) is 72.8 Å². The summed E-state index contributed by atoms with van der Waals surface area (Å²) in [6, 6.07) is 41.0. The molecule has 0 radical (unpaired) electrons. The van der Waals surface area contributed by atoms with Crippen LogP contribution in [0.1, 0.15) is 0 Å². The highest BCUT2D eigenvalue weighted by atomic mass is 15.6. The van der Waals surface area contributed by atoms with Gasteiger partial charge in [-0.15, -0.1) is 0 Å². The van der Waals surface area contributed by atoms with Crippen LogP contribution in [0.5, 0.6) is 0 Å². The van der Waals surface area contributed by atoms with Crippen LogP contribution in [0.25, 0.3) is 0 Å². The molecular formula is C34H26N8. The van der Waals surface area contributed by atoms with Gasteiger partial charge in [0.1, 0.15) is 23.3 Å². The molecule has 0 N–H and O–H groups in total. The number of hydrogen-bond acceptors (Lipinski definition) is 8. The molecule has 6 aromatic rings. The Balaban J connectivity index is 1.44. The van der Waals surface area contributed by atoms with Crippen molar-refractivity contribution in [2.24, 2.45) is 0 Å². The van der Waals surface area contributed by atoms with E-state index < -0.39 is 0 Å². The van der Waals surface area contributed by atoms with Crippen LogP contribution in [-0.4, -0.2) is 32.3 Å². The maximum atomic E-state index is 4.86. The van der Waals surface area contributed by atoms with Crippen molar-refractivity contribution >= 4 is 46.0 Å². The number of fused-ring (bicyclic) bond motifs is 2. The van der Waals surface area contributed by atoms with Crippen molar-refractivity contribution in [1.82, 2.24) is 19.9 Å². The highest BCUT2D eigenvalue weighted by molar-refractivity contribution is 5.92. The fourth-order valence-corrected chi connectivity index (χ4v) is 6.10. The van der Waals surface area contributed by atoms with Crippen LogP contribution in [0.2, 0.25) is 0 Å². The molecule has 0 spiro atoms. The van der Waals surface area contributed by atoms with Gasteiger partial charge < -0.3 is 0 Å². The fourth-order valence-electron chi connectivity index (χ4n) is 6.10. The van der Waals surface area contributed by atoms with Gasteiger partial charge in [-0.3, -0.25) is 19.6 Å². The first-order valence-electron chi connectivity index (χ1n) is 13.9. The highest BCUT2D eigenvalue weighted by Crippen LogP contribution is 2.54. The first-order chi connectivity index (χ1) is 20.9. The topological polar surface area (TPSA) is 64.5 Å². The van der Waals surface area contributed by atoms with Gasteiger partial charge in [-0.2, -0.15) is 0 Å². The van der Waals surface area contributed by atoms with Crippen LogP contribution in [0.15, 0.2) is 146 Å². The fraction of sp³-hybridized carbons (Fsp3) is 0.0588. The monoisotopic (exact) mass is 546 g/mol. The molecule has 0 aliphatic carbocycles. The minimum Gasteiger partial charge on any atom is -0.299 e. The summed E-state index contributed by atoms with van der Waals surface area (Å²) in [5.74, 6) is 3.36. The summed E-state index contributed by atoms with van der Waals surface area (Å²) in [4.78, 5) is 28.7. The van der Waals surface area contributed by atoms with E-state index in [4.69, 9.17) is 19.9 Å². The molecule has 0 atom stereocenters. The minimum atomic E-state index is -0.330. The molecule has 2 aromatic carbocycles. The molecular weight excluding hydrogens is 520 g/mol. The molecule has 42 heavy (non-hydrogen) atoms. The first-order valence-corrected chi connectivity index (χ1v) is 13.9. The predicted molar refractivity (Wildman–Crippen MR) is 166 cm³/mol. The lowest BCUT2D eigenvalue weighted by atomic mass is 10.2. The van der Waals surface area contributed by atoms with Crippen LogP contribution in [0, 0.1) is 0 Å². The van der Waals surface area contributed by atoms with Gasteiger partial charge >= 0.3 is 0 Å². The Morgan fingerprint density at radius 2 is 0.548 bits per heavy atom. The average Bonchev–Trinajstić information content (AvgIpc) is 3.59. The number of hydrogen-bond donors (Lipinski definition) is 0. The standard InChI is InChI=1S/C34H26N8/c1-2-14-26-25(13-1)39(29-17-5-9-21-35-29)33(40(26)30-18-6-10-22-36-30)34-41(31-19-7-11-23-37-31)27-15-3-4-16-28(27)42(34)32-20-8-12-24-38-32/h1-24,33-34H. The zero-order valence-corrected chi connectivity index (χ0v) is 22.6. The lowest BCUT2D eigenvalue weighted by Crippen LogP contribution is -2.58. The third kappa shape index (κ3) is 3.77. The smallest absolute Gasteiger partial charge is 0.154 e. The summed E-state index contributed by atoms with van der Waals surface area (Å²) >= 11 is 0. The Morgan fingerprint density at radius 3 is 0.762 bits per heavy atom. The van der Waals surface area contributed by atoms with Crippen molar-refractivity contribution in [3.05, 3.63) is 146 Å². The second-order valence-corrected chi connectivity index (χ2v) is 10.0. The van der Waals surface area contributed by atoms with Crippen LogP contribution in [-0.2, 0) is 0 Å². The molecule has 0 amide bonds. The van der Waals surface area contributed by atoms with Gasteiger partial charge in [0.25, 0.3) is 0 Å². The summed E-state index contributed by atoms with van der Waals surface area (Å²) in [6.07, 6.45) is 6.71. The van der Waals surface area contributed by atoms with Gasteiger partial charge in [0, 0.05) is 24.8 Å². The number of aromatic nitrogens is 4. The van der Waals surface area contributed by atoms with E-state index in [-0.39, 0.29) is 12.3 Å². The molecule has 2 aliphatic heterocycles. The Labute approximate surface area is 243 Å². The zero-order chi connectivity index (χ0) is 27.9. The van der Waals surface area contributed by atoms with E-state index in [2.05, 4.69) is 92.4 Å². The molecule has 4 aromatic heterocycles. The Hall–Kier alpha value is -5.76. The Kier molecular flexibility index (Phi) is 5.74. The van der Waals surface area contributed by atoms with E-state index in [9.17, 15) is 0 Å². The second-order valence-electron chi connectivity index (χ2n) is 10.0. The van der Waals surface area contributed by atoms with E-state index in [1.54, 1.807) is 0 Å². The van der Waals surface area contributed by atoms with E-state index in [1.807, 2.05) is 73.3 Å². The molecule has 8 heteroatoms. The number of para-hydroxylation sites is 4. The first kappa shape index (κ1) is 24.1. The lowest BCUT2D eigenvalue weighted by molar-refractivity contribution is 0.540. The minimum absolute atomic E-state index is 0.330. The summed E-state index contributed by atoms with van der Waals surface area (Å²) < 4.78 is 0. The van der Waals surface area contributed by atoms with Crippen molar-refractivity contribution in [2.75, 3.05) is 19.6 Å². The van der Waals surface area contributed by atoms with Gasteiger partial charge in [0.15, 0.2) is 12.3 Å². The molecule has 0 bridgehead atoms. The number of benzene rings is 2. The third-order valence-corrected chi connectivity index (χ3v) is 7.71. The van der Waals surface area contributed by atoms with Crippen molar-refractivity contribution in [2.45, 2.75) is 12.3 Å². The average molecular weight is 547 g/mol. The van der Waals surface area contributed by atoms with E-state index in [0.29, 0.717) is 0 Å². The molecule has 8 nitrogen and oxygen atoms in total. The summed E-state index contributed by atoms with van der Waals surface area (Å²) in [5.41, 5.74) is 4.18. The van der Waals surface area contributed by atoms with Crippen LogP contribution >= 0.6 is 0 Å². The zero-order valence-electron chi connectivity index (χ0n) is 22.6. The SMILES string of the molecule is c1ccc(N2c3ccccc3N(c3ccccn3)C2C2N(c3ccccn3)c3ccccc3N2c2ccccn2)nc1. The van der Waals surface area contributed by atoms with Crippen molar-refractivity contribution in [3.63, 3.8) is 0 Å². The largest absolute Gasteiger partial charge is 0.299 e. The normalized spacial score (nSPS) is 14.8. The summed E-state index contributed by atoms with van der Waals surface area (Å²) in [6.45, 7) is 0. The second kappa shape index (κ2) is 10.0. The number of nitrogens with zero attached hydrogens (tertiary/aromatic N) is 8. The quantitative estimate of drug-likeness (QED) is 0.225. The van der Waals surface area contributed by atoms with Crippen molar-refractivity contribution < 1.29 is 0 Å². The number of pyridine rings is 4. The summed E-state index contributed by atoms with van der Waals surface area (Å²) in [5, 5.41) is 0. The van der Waals surface area contributed by atoms with E-state index >= 15 is 0 Å². The molecule has 8 rings (SSSR count). The third-order valence-electron chi connectivity index (χ3n) is 7.71. The van der Waals surface area contributed by atoms with Crippen LogP contribution in [0.3, 0.4) is 0 Å². The van der Waals surface area contributed by atoms with E-state index in [0.717, 1.165) is 46.0 Å². The molecule has 2 aliphatic rings. The summed E-state index contributed by atoms with van der Waals surface area (Å²) in [7, 11) is 0. The number of rotatable bonds is 5. The van der Waals surface area contributed by atoms with Crippen molar-refractivity contribution in [1.29, 1.82) is 0 Å². The van der Waals surface area contributed by atoms with E-state index in [1.165, 1.54) is 0 Å². The van der Waals surface area contributed by atoms with Crippen LogP contribution in [0.4, 0.5) is 46.0 Å². The molecule has 0 saturated carbocycles. The Bertz CT molecular complexity index is 1550. The number of anilines is 8. The highest BCUT2D eigenvalue weighted by Gasteiger charge is 2.52.